The summed E-state index contributed by atoms with van der Waals surface area (Å²) in [5.74, 6) is 0.760. The lowest BCUT2D eigenvalue weighted by atomic mass is 9.98. The number of carbonyl (C=O) groups excluding carboxylic acids is 1. The number of nitrogens with zero attached hydrogens (tertiary/aromatic N) is 1. The maximum absolute atomic E-state index is 12.8. The van der Waals surface area contributed by atoms with Crippen molar-refractivity contribution in [1.29, 1.82) is 0 Å². The Morgan fingerprint density at radius 1 is 1.15 bits per heavy atom. The highest BCUT2D eigenvalue weighted by Gasteiger charge is 2.43. The molecule has 2 bridgehead atoms. The first-order chi connectivity index (χ1) is 9.74. The number of ether oxygens (including phenoxy) is 2. The molecule has 4 heteroatoms. The van der Waals surface area contributed by atoms with Crippen molar-refractivity contribution < 1.29 is 14.3 Å². The molecule has 1 aromatic rings. The van der Waals surface area contributed by atoms with Crippen molar-refractivity contribution in [3.63, 3.8) is 0 Å². The van der Waals surface area contributed by atoms with Crippen molar-refractivity contribution in [2.24, 2.45) is 0 Å². The molecular weight excluding hydrogens is 254 g/mol. The van der Waals surface area contributed by atoms with E-state index in [-0.39, 0.29) is 5.91 Å². The summed E-state index contributed by atoms with van der Waals surface area (Å²) in [6.45, 7) is 0. The zero-order chi connectivity index (χ0) is 14.1. The van der Waals surface area contributed by atoms with Gasteiger partial charge in [0, 0.05) is 19.2 Å². The normalized spacial score (nSPS) is 28.5. The van der Waals surface area contributed by atoms with Gasteiger partial charge < -0.3 is 14.4 Å². The summed E-state index contributed by atoms with van der Waals surface area (Å²) in [5, 5.41) is 0. The van der Waals surface area contributed by atoms with Crippen molar-refractivity contribution >= 4 is 5.91 Å². The lowest BCUT2D eigenvalue weighted by Crippen LogP contribution is -2.48. The Morgan fingerprint density at radius 2 is 1.80 bits per heavy atom. The largest absolute Gasteiger partial charge is 0.496 e. The van der Waals surface area contributed by atoms with Gasteiger partial charge in [-0.15, -0.1) is 0 Å². The van der Waals surface area contributed by atoms with Gasteiger partial charge in [0.05, 0.1) is 18.8 Å². The molecule has 2 aliphatic heterocycles. The summed E-state index contributed by atoms with van der Waals surface area (Å²) in [6.07, 6.45) is 4.38. The van der Waals surface area contributed by atoms with Gasteiger partial charge in [0.1, 0.15) is 5.75 Å². The standard InChI is InChI=1S/C16H21NO3/c1-19-13-9-11-7-8-12(10-13)17(11)16(18)14-5-3-4-6-15(14)20-2/h3-6,11-13H,7-10H2,1-2H3. The zero-order valence-corrected chi connectivity index (χ0v) is 12.0. The molecule has 1 aromatic carbocycles. The summed E-state index contributed by atoms with van der Waals surface area (Å²) < 4.78 is 10.8. The molecule has 0 N–H and O–H groups in total. The number of benzene rings is 1. The van der Waals surface area contributed by atoms with Gasteiger partial charge in [-0.1, -0.05) is 12.1 Å². The molecule has 4 nitrogen and oxygen atoms in total. The Kier molecular flexibility index (Phi) is 3.66. The van der Waals surface area contributed by atoms with E-state index in [2.05, 4.69) is 4.90 Å². The molecule has 2 unspecified atom stereocenters. The highest BCUT2D eigenvalue weighted by atomic mass is 16.5. The maximum atomic E-state index is 12.8. The van der Waals surface area contributed by atoms with E-state index >= 15 is 0 Å². The molecule has 1 amide bonds. The molecule has 2 aliphatic rings. The highest BCUT2D eigenvalue weighted by molar-refractivity contribution is 5.97. The Labute approximate surface area is 119 Å². The van der Waals surface area contributed by atoms with E-state index in [0.29, 0.717) is 29.5 Å². The van der Waals surface area contributed by atoms with E-state index in [9.17, 15) is 4.79 Å². The topological polar surface area (TPSA) is 38.8 Å². The third kappa shape index (κ3) is 2.18. The minimum Gasteiger partial charge on any atom is -0.496 e. The zero-order valence-electron chi connectivity index (χ0n) is 12.0. The molecular formula is C16H21NO3. The predicted molar refractivity (Wildman–Crippen MR) is 76.0 cm³/mol. The van der Waals surface area contributed by atoms with Gasteiger partial charge in [-0.3, -0.25) is 4.79 Å². The van der Waals surface area contributed by atoms with Gasteiger partial charge in [-0.2, -0.15) is 0 Å². The first-order valence-corrected chi connectivity index (χ1v) is 7.23. The van der Waals surface area contributed by atoms with Crippen LogP contribution in [0.5, 0.6) is 5.75 Å². The third-order valence-electron chi connectivity index (χ3n) is 4.60. The van der Waals surface area contributed by atoms with Crippen LogP contribution in [0.1, 0.15) is 36.0 Å². The summed E-state index contributed by atoms with van der Waals surface area (Å²) in [6, 6.07) is 8.10. The number of methoxy groups -OCH3 is 2. The fourth-order valence-corrected chi connectivity index (χ4v) is 3.61. The first-order valence-electron chi connectivity index (χ1n) is 7.23. The van der Waals surface area contributed by atoms with E-state index in [4.69, 9.17) is 9.47 Å². The quantitative estimate of drug-likeness (QED) is 0.850. The Hall–Kier alpha value is -1.55. The average Bonchev–Trinajstić information content (AvgIpc) is 2.76. The molecule has 20 heavy (non-hydrogen) atoms. The van der Waals surface area contributed by atoms with Crippen molar-refractivity contribution in [3.05, 3.63) is 29.8 Å². The summed E-state index contributed by atoms with van der Waals surface area (Å²) in [5.41, 5.74) is 0.669. The summed E-state index contributed by atoms with van der Waals surface area (Å²) in [7, 11) is 3.37. The predicted octanol–water partition coefficient (Wildman–Crippen LogP) is 2.48. The van der Waals surface area contributed by atoms with Crippen LogP contribution in [0.25, 0.3) is 0 Å². The van der Waals surface area contributed by atoms with Crippen LogP contribution in [0.3, 0.4) is 0 Å². The number of rotatable bonds is 3. The fraction of sp³-hybridized carbons (Fsp3) is 0.562. The van der Waals surface area contributed by atoms with Crippen molar-refractivity contribution in [2.75, 3.05) is 14.2 Å². The van der Waals surface area contributed by atoms with Crippen LogP contribution in [-0.4, -0.2) is 43.2 Å². The number of carbonyl (C=O) groups is 1. The van der Waals surface area contributed by atoms with E-state index < -0.39 is 0 Å². The molecule has 0 spiro atoms. The number of amides is 1. The van der Waals surface area contributed by atoms with E-state index in [1.165, 1.54) is 0 Å². The van der Waals surface area contributed by atoms with Gasteiger partial charge in [0.15, 0.2) is 0 Å². The van der Waals surface area contributed by atoms with E-state index in [0.717, 1.165) is 25.7 Å². The Balaban J connectivity index is 1.85. The average molecular weight is 275 g/mol. The van der Waals surface area contributed by atoms with Gasteiger partial charge in [0.25, 0.3) is 5.91 Å². The van der Waals surface area contributed by atoms with Gasteiger partial charge >= 0.3 is 0 Å². The minimum absolute atomic E-state index is 0.101. The second-order valence-corrected chi connectivity index (χ2v) is 5.63. The lowest BCUT2D eigenvalue weighted by molar-refractivity contribution is 0.00810. The van der Waals surface area contributed by atoms with E-state index in [1.54, 1.807) is 14.2 Å². The van der Waals surface area contributed by atoms with Crippen molar-refractivity contribution in [2.45, 2.75) is 43.9 Å². The van der Waals surface area contributed by atoms with Crippen LogP contribution in [0, 0.1) is 0 Å². The summed E-state index contributed by atoms with van der Waals surface area (Å²) >= 11 is 0. The van der Waals surface area contributed by atoms with Crippen molar-refractivity contribution in [1.82, 2.24) is 4.90 Å². The number of hydrogen-bond acceptors (Lipinski definition) is 3. The molecule has 0 radical (unpaired) electrons. The second kappa shape index (κ2) is 5.44. The van der Waals surface area contributed by atoms with Crippen LogP contribution >= 0.6 is 0 Å². The highest BCUT2D eigenvalue weighted by Crippen LogP contribution is 2.38. The lowest BCUT2D eigenvalue weighted by Gasteiger charge is -2.38. The molecule has 0 saturated carbocycles. The number of para-hydroxylation sites is 1. The monoisotopic (exact) mass is 275 g/mol. The van der Waals surface area contributed by atoms with Gasteiger partial charge in [-0.05, 0) is 37.8 Å². The van der Waals surface area contributed by atoms with Gasteiger partial charge in [0.2, 0.25) is 0 Å². The molecule has 108 valence electrons. The second-order valence-electron chi connectivity index (χ2n) is 5.63. The van der Waals surface area contributed by atoms with Crippen LogP contribution < -0.4 is 4.74 Å². The number of piperidine rings is 1. The molecule has 0 aliphatic carbocycles. The molecule has 2 saturated heterocycles. The first kappa shape index (κ1) is 13.4. The SMILES string of the molecule is COc1ccccc1C(=O)N1C2CCC1CC(OC)C2. The van der Waals surface area contributed by atoms with Crippen LogP contribution in [0.4, 0.5) is 0 Å². The van der Waals surface area contributed by atoms with Crippen LogP contribution in [-0.2, 0) is 4.74 Å². The third-order valence-corrected chi connectivity index (χ3v) is 4.60. The molecule has 2 fully saturated rings. The van der Waals surface area contributed by atoms with Crippen molar-refractivity contribution in [3.8, 4) is 5.75 Å². The maximum Gasteiger partial charge on any atom is 0.258 e. The molecule has 3 rings (SSSR count). The van der Waals surface area contributed by atoms with Crippen LogP contribution in [0.2, 0.25) is 0 Å². The Morgan fingerprint density at radius 3 is 2.40 bits per heavy atom. The number of hydrogen-bond donors (Lipinski definition) is 0. The van der Waals surface area contributed by atoms with Gasteiger partial charge in [-0.25, -0.2) is 0 Å². The van der Waals surface area contributed by atoms with E-state index in [1.807, 2.05) is 24.3 Å². The fourth-order valence-electron chi connectivity index (χ4n) is 3.61. The number of fused-ring (bicyclic) bond motifs is 2. The molecule has 0 aromatic heterocycles. The van der Waals surface area contributed by atoms with Crippen LogP contribution in [0.15, 0.2) is 24.3 Å². The molecule has 2 heterocycles. The Bertz CT molecular complexity index is 488. The summed E-state index contributed by atoms with van der Waals surface area (Å²) in [4.78, 5) is 14.9. The molecule has 2 atom stereocenters. The smallest absolute Gasteiger partial charge is 0.258 e. The minimum atomic E-state index is 0.101.